The van der Waals surface area contributed by atoms with Gasteiger partial charge in [-0.05, 0) is 28.7 Å². The minimum Gasteiger partial charge on any atom is -0.393 e. The van der Waals surface area contributed by atoms with E-state index in [0.717, 1.165) is 17.4 Å². The molecular weight excluding hydrogens is 288 g/mol. The molecule has 2 aliphatic rings. The molecule has 0 aromatic heterocycles. The Labute approximate surface area is 134 Å². The molecule has 1 aliphatic heterocycles. The smallest absolute Gasteiger partial charge is 0.318 e. The minimum absolute atomic E-state index is 0.0913. The van der Waals surface area contributed by atoms with E-state index in [0.29, 0.717) is 0 Å². The minimum atomic E-state index is -0.390. The van der Waals surface area contributed by atoms with Crippen molar-refractivity contribution in [1.29, 1.82) is 0 Å². The van der Waals surface area contributed by atoms with Gasteiger partial charge in [-0.15, -0.1) is 0 Å². The Morgan fingerprint density at radius 1 is 0.913 bits per heavy atom. The summed E-state index contributed by atoms with van der Waals surface area (Å²) in [6.45, 7) is 2.04. The summed E-state index contributed by atoms with van der Waals surface area (Å²) < 4.78 is 4.96. The largest absolute Gasteiger partial charge is 0.393 e. The van der Waals surface area contributed by atoms with Crippen molar-refractivity contribution < 1.29 is 14.3 Å². The zero-order valence-corrected chi connectivity index (χ0v) is 12.9. The quantitative estimate of drug-likeness (QED) is 0.481. The maximum absolute atomic E-state index is 12.3. The topological polar surface area (TPSA) is 43.4 Å². The fraction of sp³-hybridized carbons (Fsp3) is 0.300. The third kappa shape index (κ3) is 2.19. The third-order valence-electron chi connectivity index (χ3n) is 5.18. The lowest BCUT2D eigenvalue weighted by Gasteiger charge is -2.30. The van der Waals surface area contributed by atoms with Crippen molar-refractivity contribution in [3.63, 3.8) is 0 Å². The highest BCUT2D eigenvalue weighted by atomic mass is 16.6. The summed E-state index contributed by atoms with van der Waals surface area (Å²) in [6, 6.07) is 14.4. The van der Waals surface area contributed by atoms with Crippen LogP contribution in [0.4, 0.5) is 0 Å². The molecule has 0 unspecified atom stereocenters. The number of benzene rings is 2. The van der Waals surface area contributed by atoms with Gasteiger partial charge < -0.3 is 4.74 Å². The van der Waals surface area contributed by atoms with Crippen LogP contribution in [0.15, 0.2) is 54.6 Å². The van der Waals surface area contributed by atoms with Crippen LogP contribution in [-0.4, -0.2) is 11.9 Å². The third-order valence-corrected chi connectivity index (χ3v) is 5.18. The molecular formula is C20H18O3. The first-order valence-corrected chi connectivity index (χ1v) is 8.11. The molecule has 1 fully saturated rings. The van der Waals surface area contributed by atoms with Crippen LogP contribution in [0.5, 0.6) is 0 Å². The monoisotopic (exact) mass is 306 g/mol. The van der Waals surface area contributed by atoms with E-state index in [1.54, 1.807) is 0 Å². The van der Waals surface area contributed by atoms with Crippen molar-refractivity contribution in [1.82, 2.24) is 0 Å². The van der Waals surface area contributed by atoms with Crippen molar-refractivity contribution in [2.45, 2.75) is 19.3 Å². The molecule has 23 heavy (non-hydrogen) atoms. The van der Waals surface area contributed by atoms with Crippen LogP contribution in [0.25, 0.3) is 10.8 Å². The predicted molar refractivity (Wildman–Crippen MR) is 87.7 cm³/mol. The predicted octanol–water partition coefficient (Wildman–Crippen LogP) is 3.84. The Morgan fingerprint density at radius 2 is 1.65 bits per heavy atom. The first kappa shape index (κ1) is 14.2. The molecule has 3 nitrogen and oxygen atoms in total. The van der Waals surface area contributed by atoms with Crippen LogP contribution >= 0.6 is 0 Å². The molecule has 0 radical (unpaired) electrons. The maximum atomic E-state index is 12.3. The molecule has 4 atom stereocenters. The van der Waals surface area contributed by atoms with Crippen LogP contribution < -0.4 is 0 Å². The molecule has 2 aromatic carbocycles. The highest BCUT2D eigenvalue weighted by Crippen LogP contribution is 2.46. The molecule has 4 rings (SSSR count). The second kappa shape index (κ2) is 5.34. The number of carbonyl (C=O) groups is 2. The average molecular weight is 306 g/mol. The van der Waals surface area contributed by atoms with Gasteiger partial charge in [-0.2, -0.15) is 0 Å². The van der Waals surface area contributed by atoms with Gasteiger partial charge >= 0.3 is 11.9 Å². The Balaban J connectivity index is 1.80. The number of esters is 2. The van der Waals surface area contributed by atoms with E-state index >= 15 is 0 Å². The molecule has 0 bridgehead atoms. The van der Waals surface area contributed by atoms with E-state index in [9.17, 15) is 9.59 Å². The summed E-state index contributed by atoms with van der Waals surface area (Å²) >= 11 is 0. The van der Waals surface area contributed by atoms with Gasteiger partial charge in [-0.3, -0.25) is 9.59 Å². The van der Waals surface area contributed by atoms with Gasteiger partial charge in [-0.25, -0.2) is 0 Å². The van der Waals surface area contributed by atoms with Crippen molar-refractivity contribution in [2.24, 2.45) is 17.8 Å². The molecule has 0 saturated carbocycles. The average Bonchev–Trinajstić information content (AvgIpc) is 2.89. The lowest BCUT2D eigenvalue weighted by Crippen LogP contribution is -2.32. The maximum Gasteiger partial charge on any atom is 0.318 e. The molecule has 1 aliphatic carbocycles. The summed E-state index contributed by atoms with van der Waals surface area (Å²) in [5, 5.41) is 2.31. The first-order chi connectivity index (χ1) is 11.2. The summed E-state index contributed by atoms with van der Waals surface area (Å²) in [5.41, 5.74) is 1.07. The Hall–Kier alpha value is -2.42. The van der Waals surface area contributed by atoms with Crippen LogP contribution in [0.2, 0.25) is 0 Å². The highest BCUT2D eigenvalue weighted by Gasteiger charge is 2.52. The molecule has 116 valence electrons. The van der Waals surface area contributed by atoms with Crippen LogP contribution in [0.3, 0.4) is 0 Å². The van der Waals surface area contributed by atoms with E-state index in [-0.39, 0.29) is 29.7 Å². The van der Waals surface area contributed by atoms with Crippen LogP contribution in [0.1, 0.15) is 24.8 Å². The van der Waals surface area contributed by atoms with Gasteiger partial charge in [0, 0.05) is 5.92 Å². The molecule has 0 amide bonds. The van der Waals surface area contributed by atoms with Crippen LogP contribution in [-0.2, 0) is 14.3 Å². The number of allylic oxidation sites excluding steroid dienone is 2. The van der Waals surface area contributed by atoms with Gasteiger partial charge in [0.2, 0.25) is 0 Å². The van der Waals surface area contributed by atoms with Gasteiger partial charge in [0.15, 0.2) is 0 Å². The van der Waals surface area contributed by atoms with E-state index in [4.69, 9.17) is 4.74 Å². The molecule has 1 heterocycles. The fourth-order valence-electron chi connectivity index (χ4n) is 3.96. The first-order valence-electron chi connectivity index (χ1n) is 8.11. The molecule has 1 saturated heterocycles. The number of hydrogen-bond donors (Lipinski definition) is 0. The SMILES string of the molecule is CC[C@@H]1C=C[C@H](c2ccc3ccccc3c2)[C@H]2C(=O)OC(=O)[C@H]21. The second-order valence-corrected chi connectivity index (χ2v) is 6.38. The van der Waals surface area contributed by atoms with Gasteiger partial charge in [0.1, 0.15) is 0 Å². The summed E-state index contributed by atoms with van der Waals surface area (Å²) in [4.78, 5) is 24.4. The Kier molecular flexibility index (Phi) is 3.29. The summed E-state index contributed by atoms with van der Waals surface area (Å²) in [6.07, 6.45) is 5.00. The normalized spacial score (nSPS) is 29.6. The van der Waals surface area contributed by atoms with Gasteiger partial charge in [0.25, 0.3) is 0 Å². The number of cyclic esters (lactones) is 2. The summed E-state index contributed by atoms with van der Waals surface area (Å²) in [7, 11) is 0. The van der Waals surface area contributed by atoms with E-state index in [1.807, 2.05) is 19.1 Å². The molecule has 2 aromatic rings. The zero-order valence-electron chi connectivity index (χ0n) is 12.9. The zero-order chi connectivity index (χ0) is 16.0. The van der Waals surface area contributed by atoms with E-state index in [2.05, 4.69) is 42.5 Å². The molecule has 0 spiro atoms. The van der Waals surface area contributed by atoms with Gasteiger partial charge in [0.05, 0.1) is 11.8 Å². The lowest BCUT2D eigenvalue weighted by molar-refractivity contribution is -0.154. The number of ether oxygens (including phenoxy) is 1. The number of fused-ring (bicyclic) bond motifs is 2. The fourth-order valence-corrected chi connectivity index (χ4v) is 3.96. The lowest BCUT2D eigenvalue weighted by atomic mass is 9.69. The highest BCUT2D eigenvalue weighted by molar-refractivity contribution is 5.98. The Morgan fingerprint density at radius 3 is 2.43 bits per heavy atom. The standard InChI is InChI=1S/C20H18O3/c1-2-12-9-10-16(18-17(12)19(21)23-20(18)22)15-8-7-13-5-3-4-6-14(13)11-15/h3-12,16-18H,2H2,1H3/t12-,16-,17+,18-/m1/s1. The Bertz CT molecular complexity index is 821. The number of rotatable bonds is 2. The van der Waals surface area contributed by atoms with E-state index < -0.39 is 5.92 Å². The van der Waals surface area contributed by atoms with Crippen molar-refractivity contribution in [3.05, 3.63) is 60.2 Å². The van der Waals surface area contributed by atoms with Crippen molar-refractivity contribution in [2.75, 3.05) is 0 Å². The van der Waals surface area contributed by atoms with Crippen molar-refractivity contribution in [3.8, 4) is 0 Å². The van der Waals surface area contributed by atoms with Gasteiger partial charge in [-0.1, -0.05) is 61.5 Å². The van der Waals surface area contributed by atoms with Crippen molar-refractivity contribution >= 4 is 22.7 Å². The van der Waals surface area contributed by atoms with E-state index in [1.165, 1.54) is 5.39 Å². The summed E-state index contributed by atoms with van der Waals surface area (Å²) in [5.74, 6) is -1.46. The molecule has 0 N–H and O–H groups in total. The number of hydrogen-bond acceptors (Lipinski definition) is 3. The number of carbonyl (C=O) groups excluding carboxylic acids is 2. The second-order valence-electron chi connectivity index (χ2n) is 6.38. The molecule has 3 heteroatoms. The van der Waals surface area contributed by atoms with Crippen LogP contribution in [0, 0.1) is 17.8 Å².